The van der Waals surface area contributed by atoms with Crippen LogP contribution in [0.5, 0.6) is 0 Å². The lowest BCUT2D eigenvalue weighted by Crippen LogP contribution is -2.07. The number of aryl methyl sites for hydroxylation is 1. The normalized spacial score (nSPS) is 14.5. The smallest absolute Gasteiger partial charge is 0.0775 e. The first-order valence-electron chi connectivity index (χ1n) is 7.82. The van der Waals surface area contributed by atoms with Crippen LogP contribution in [0.4, 0.5) is 0 Å². The maximum absolute atomic E-state index is 4.99. The average Bonchev–Trinajstić information content (AvgIpc) is 3.25. The van der Waals surface area contributed by atoms with Crippen LogP contribution >= 0.6 is 0 Å². The van der Waals surface area contributed by atoms with E-state index in [9.17, 15) is 0 Å². The molecule has 0 unspecified atom stereocenters. The van der Waals surface area contributed by atoms with Crippen molar-refractivity contribution >= 4 is 21.8 Å². The Morgan fingerprint density at radius 2 is 1.91 bits per heavy atom. The second-order valence-corrected chi connectivity index (χ2v) is 6.01. The fourth-order valence-electron chi connectivity index (χ4n) is 3.78. The Balaban J connectivity index is 1.95. The van der Waals surface area contributed by atoms with Crippen molar-refractivity contribution in [1.82, 2.24) is 20.2 Å². The summed E-state index contributed by atoms with van der Waals surface area (Å²) in [5.74, 6) is 0. The van der Waals surface area contributed by atoms with Gasteiger partial charge < -0.3 is 4.98 Å². The summed E-state index contributed by atoms with van der Waals surface area (Å²) in [6.07, 6.45) is 10.6. The largest absolute Gasteiger partial charge is 0.361 e. The van der Waals surface area contributed by atoms with Gasteiger partial charge in [-0.3, -0.25) is 5.10 Å². The zero-order valence-electron chi connectivity index (χ0n) is 12.2. The van der Waals surface area contributed by atoms with Gasteiger partial charge in [0.1, 0.15) is 0 Å². The van der Waals surface area contributed by atoms with Gasteiger partial charge in [0.05, 0.1) is 17.4 Å². The van der Waals surface area contributed by atoms with Crippen LogP contribution in [-0.4, -0.2) is 20.2 Å². The topological polar surface area (TPSA) is 57.4 Å². The second kappa shape index (κ2) is 4.44. The molecule has 1 aliphatic rings. The van der Waals surface area contributed by atoms with E-state index in [0.717, 1.165) is 29.6 Å². The summed E-state index contributed by atoms with van der Waals surface area (Å²) in [5, 5.41) is 9.64. The zero-order valence-corrected chi connectivity index (χ0v) is 12.2. The fraction of sp³-hybridized carbons (Fsp3) is 0.222. The highest BCUT2D eigenvalue weighted by molar-refractivity contribution is 6.08. The van der Waals surface area contributed by atoms with E-state index in [4.69, 9.17) is 4.98 Å². The first-order valence-corrected chi connectivity index (χ1v) is 7.82. The van der Waals surface area contributed by atoms with Crippen molar-refractivity contribution in [3.05, 3.63) is 47.9 Å². The van der Waals surface area contributed by atoms with Crippen molar-refractivity contribution in [2.45, 2.75) is 25.7 Å². The number of hydrogen-bond donors (Lipinski definition) is 2. The third kappa shape index (κ3) is 1.58. The number of H-pyrrole nitrogens is 2. The molecule has 0 spiro atoms. The zero-order chi connectivity index (χ0) is 14.5. The van der Waals surface area contributed by atoms with Crippen LogP contribution < -0.4 is 0 Å². The standard InChI is InChI=1S/C18H16N4/c1-2-4-13-12(3-1)17-14-7-8-19-15(14)5-6-16(17)22-18(13)11-9-20-21-10-11/h5-10,19H,1-4H2,(H,20,21). The molecule has 5 rings (SSSR count). The molecule has 0 atom stereocenters. The third-order valence-corrected chi connectivity index (χ3v) is 4.77. The SMILES string of the molecule is c1cc2c(ccc3nc(-c4cn[nH]c4)c4c(c32)CCCC4)[nH]1. The van der Waals surface area contributed by atoms with E-state index in [1.54, 1.807) is 0 Å². The van der Waals surface area contributed by atoms with E-state index >= 15 is 0 Å². The molecule has 0 bridgehead atoms. The molecule has 3 aromatic heterocycles. The van der Waals surface area contributed by atoms with Gasteiger partial charge in [-0.25, -0.2) is 4.98 Å². The van der Waals surface area contributed by atoms with Crippen LogP contribution in [-0.2, 0) is 12.8 Å². The number of nitrogens with zero attached hydrogens (tertiary/aromatic N) is 2. The second-order valence-electron chi connectivity index (χ2n) is 6.01. The molecule has 1 aliphatic carbocycles. The molecular formula is C18H16N4. The highest BCUT2D eigenvalue weighted by Crippen LogP contribution is 2.37. The molecule has 4 nitrogen and oxygen atoms in total. The van der Waals surface area contributed by atoms with Gasteiger partial charge >= 0.3 is 0 Å². The Labute approximate surface area is 127 Å². The van der Waals surface area contributed by atoms with Crippen LogP contribution in [0, 0.1) is 0 Å². The molecule has 4 aromatic rings. The van der Waals surface area contributed by atoms with Gasteiger partial charge in [0, 0.05) is 34.2 Å². The first-order chi connectivity index (χ1) is 10.9. The molecule has 22 heavy (non-hydrogen) atoms. The minimum atomic E-state index is 1.09. The summed E-state index contributed by atoms with van der Waals surface area (Å²) in [6.45, 7) is 0. The maximum atomic E-state index is 4.99. The number of aromatic amines is 2. The van der Waals surface area contributed by atoms with Crippen molar-refractivity contribution in [2.75, 3.05) is 0 Å². The minimum absolute atomic E-state index is 1.09. The summed E-state index contributed by atoms with van der Waals surface area (Å²) >= 11 is 0. The van der Waals surface area contributed by atoms with E-state index in [1.165, 1.54) is 40.3 Å². The number of pyridine rings is 1. The van der Waals surface area contributed by atoms with Gasteiger partial charge in [0.25, 0.3) is 0 Å². The summed E-state index contributed by atoms with van der Waals surface area (Å²) in [4.78, 5) is 8.30. The Kier molecular flexibility index (Phi) is 2.41. The van der Waals surface area contributed by atoms with Crippen LogP contribution in [0.3, 0.4) is 0 Å². The molecular weight excluding hydrogens is 272 g/mol. The molecule has 0 amide bonds. The summed E-state index contributed by atoms with van der Waals surface area (Å²) in [6, 6.07) is 6.43. The van der Waals surface area contributed by atoms with Crippen molar-refractivity contribution < 1.29 is 0 Å². The highest BCUT2D eigenvalue weighted by atomic mass is 15.1. The molecule has 0 aliphatic heterocycles. The number of benzene rings is 1. The van der Waals surface area contributed by atoms with Crippen LogP contribution in [0.25, 0.3) is 33.1 Å². The number of fused-ring (bicyclic) bond motifs is 5. The molecule has 0 saturated heterocycles. The van der Waals surface area contributed by atoms with E-state index < -0.39 is 0 Å². The highest BCUT2D eigenvalue weighted by Gasteiger charge is 2.21. The molecule has 4 heteroatoms. The number of nitrogens with one attached hydrogen (secondary N) is 2. The van der Waals surface area contributed by atoms with E-state index in [1.807, 2.05) is 18.6 Å². The molecule has 108 valence electrons. The molecule has 3 heterocycles. The van der Waals surface area contributed by atoms with Crippen molar-refractivity contribution in [3.8, 4) is 11.3 Å². The van der Waals surface area contributed by atoms with Crippen LogP contribution in [0.1, 0.15) is 24.0 Å². The quantitative estimate of drug-likeness (QED) is 0.556. The van der Waals surface area contributed by atoms with Gasteiger partial charge in [-0.15, -0.1) is 0 Å². The van der Waals surface area contributed by atoms with Gasteiger partial charge in [-0.05, 0) is 55.0 Å². The lowest BCUT2D eigenvalue weighted by atomic mass is 9.86. The van der Waals surface area contributed by atoms with Gasteiger partial charge in [-0.1, -0.05) is 0 Å². The number of rotatable bonds is 1. The van der Waals surface area contributed by atoms with Crippen LogP contribution in [0.2, 0.25) is 0 Å². The van der Waals surface area contributed by atoms with E-state index in [0.29, 0.717) is 0 Å². The average molecular weight is 288 g/mol. The lowest BCUT2D eigenvalue weighted by molar-refractivity contribution is 0.689. The van der Waals surface area contributed by atoms with Crippen molar-refractivity contribution in [3.63, 3.8) is 0 Å². The Morgan fingerprint density at radius 3 is 2.77 bits per heavy atom. The van der Waals surface area contributed by atoms with Gasteiger partial charge in [0.2, 0.25) is 0 Å². The predicted molar refractivity (Wildman–Crippen MR) is 87.8 cm³/mol. The number of hydrogen-bond acceptors (Lipinski definition) is 2. The Bertz CT molecular complexity index is 979. The molecule has 1 aromatic carbocycles. The third-order valence-electron chi connectivity index (χ3n) is 4.77. The fourth-order valence-corrected chi connectivity index (χ4v) is 3.78. The molecule has 0 radical (unpaired) electrons. The summed E-state index contributed by atoms with van der Waals surface area (Å²) < 4.78 is 0. The Hall–Kier alpha value is -2.62. The number of aromatic nitrogens is 4. The van der Waals surface area contributed by atoms with E-state index in [-0.39, 0.29) is 0 Å². The molecule has 2 N–H and O–H groups in total. The van der Waals surface area contributed by atoms with Gasteiger partial charge in [0.15, 0.2) is 0 Å². The lowest BCUT2D eigenvalue weighted by Gasteiger charge is -2.21. The first kappa shape index (κ1) is 12.0. The maximum Gasteiger partial charge on any atom is 0.0775 e. The van der Waals surface area contributed by atoms with Crippen molar-refractivity contribution in [2.24, 2.45) is 0 Å². The molecule has 0 fully saturated rings. The summed E-state index contributed by atoms with van der Waals surface area (Å²) in [7, 11) is 0. The van der Waals surface area contributed by atoms with E-state index in [2.05, 4.69) is 33.4 Å². The van der Waals surface area contributed by atoms with Gasteiger partial charge in [-0.2, -0.15) is 5.10 Å². The van der Waals surface area contributed by atoms with Crippen LogP contribution in [0.15, 0.2) is 36.8 Å². The Morgan fingerprint density at radius 1 is 1.00 bits per heavy atom. The minimum Gasteiger partial charge on any atom is -0.361 e. The predicted octanol–water partition coefficient (Wildman–Crippen LogP) is 3.99. The van der Waals surface area contributed by atoms with Crippen molar-refractivity contribution in [1.29, 1.82) is 0 Å². The molecule has 0 saturated carbocycles. The monoisotopic (exact) mass is 288 g/mol. The summed E-state index contributed by atoms with van der Waals surface area (Å²) in [5.41, 5.74) is 7.37.